The van der Waals surface area contributed by atoms with Gasteiger partial charge in [-0.3, -0.25) is 24.0 Å². The lowest BCUT2D eigenvalue weighted by molar-refractivity contribution is -0.237. The number of esters is 4. The molecule has 0 aromatic rings. The molecule has 1 aliphatic rings. The number of thioether (sulfide) groups is 1. The van der Waals surface area contributed by atoms with Gasteiger partial charge in [-0.1, -0.05) is 11.8 Å². The SMILES string of the molecule is CC(=O)OC[C@@H]1O[C@@H](SC(C)=O)[C@@H](OC(C)=O)[C@@H](OC(C)=O)[C@@H]1OC(C)=O. The summed E-state index contributed by atoms with van der Waals surface area (Å²) in [5, 5.41) is -0.351. The molecular formula is C16H22O10S. The van der Waals surface area contributed by atoms with Crippen molar-refractivity contribution < 1.29 is 47.7 Å². The van der Waals surface area contributed by atoms with E-state index in [0.717, 1.165) is 20.8 Å². The van der Waals surface area contributed by atoms with Gasteiger partial charge in [-0.05, 0) is 0 Å². The van der Waals surface area contributed by atoms with Crippen LogP contribution >= 0.6 is 11.8 Å². The molecule has 0 amide bonds. The third kappa shape index (κ3) is 7.55. The normalized spacial score (nSPS) is 27.2. The minimum absolute atomic E-state index is 0.327. The first-order valence-electron chi connectivity index (χ1n) is 7.99. The predicted molar refractivity (Wildman–Crippen MR) is 90.2 cm³/mol. The summed E-state index contributed by atoms with van der Waals surface area (Å²) < 4.78 is 26.2. The molecule has 1 aliphatic heterocycles. The van der Waals surface area contributed by atoms with E-state index in [1.807, 2.05) is 0 Å². The Labute approximate surface area is 160 Å². The Kier molecular flexibility index (Phi) is 8.70. The Morgan fingerprint density at radius 2 is 1.22 bits per heavy atom. The second-order valence-corrected chi connectivity index (χ2v) is 6.95. The maximum absolute atomic E-state index is 11.6. The van der Waals surface area contributed by atoms with E-state index in [4.69, 9.17) is 23.7 Å². The fourth-order valence-corrected chi connectivity index (χ4v) is 3.32. The zero-order chi connectivity index (χ0) is 20.7. The van der Waals surface area contributed by atoms with Crippen LogP contribution in [0.1, 0.15) is 34.6 Å². The quantitative estimate of drug-likeness (QED) is 0.447. The minimum Gasteiger partial charge on any atom is -0.463 e. The van der Waals surface area contributed by atoms with Gasteiger partial charge in [0.15, 0.2) is 28.9 Å². The molecule has 152 valence electrons. The number of ether oxygens (including phenoxy) is 5. The van der Waals surface area contributed by atoms with E-state index in [9.17, 15) is 24.0 Å². The predicted octanol–water partition coefficient (Wildman–Crippen LogP) is 0.349. The molecule has 0 unspecified atom stereocenters. The van der Waals surface area contributed by atoms with Crippen molar-refractivity contribution in [2.45, 2.75) is 64.5 Å². The summed E-state index contributed by atoms with van der Waals surface area (Å²) in [6.07, 6.45) is -4.76. The number of carbonyl (C=O) groups is 5. The summed E-state index contributed by atoms with van der Waals surface area (Å²) in [5.41, 5.74) is -1.07. The average molecular weight is 406 g/mol. The molecule has 1 saturated heterocycles. The fraction of sp³-hybridized carbons (Fsp3) is 0.688. The van der Waals surface area contributed by atoms with E-state index in [1.54, 1.807) is 0 Å². The largest absolute Gasteiger partial charge is 0.463 e. The molecule has 0 spiro atoms. The average Bonchev–Trinajstić information content (AvgIpc) is 2.49. The molecule has 0 aromatic heterocycles. The first-order valence-corrected chi connectivity index (χ1v) is 8.87. The van der Waals surface area contributed by atoms with E-state index in [1.165, 1.54) is 13.8 Å². The fourth-order valence-electron chi connectivity index (χ4n) is 2.45. The monoisotopic (exact) mass is 406 g/mol. The van der Waals surface area contributed by atoms with Crippen molar-refractivity contribution in [1.29, 1.82) is 0 Å². The zero-order valence-electron chi connectivity index (χ0n) is 15.6. The van der Waals surface area contributed by atoms with E-state index in [0.29, 0.717) is 11.8 Å². The first kappa shape index (κ1) is 22.9. The second-order valence-electron chi connectivity index (χ2n) is 5.68. The highest BCUT2D eigenvalue weighted by Crippen LogP contribution is 2.34. The van der Waals surface area contributed by atoms with Crippen LogP contribution < -0.4 is 0 Å². The Morgan fingerprint density at radius 3 is 1.67 bits per heavy atom. The molecule has 0 aromatic carbocycles. The lowest BCUT2D eigenvalue weighted by Gasteiger charge is -2.43. The van der Waals surface area contributed by atoms with E-state index in [2.05, 4.69) is 0 Å². The molecule has 5 atom stereocenters. The summed E-state index contributed by atoms with van der Waals surface area (Å²) >= 11 is 0.705. The zero-order valence-corrected chi connectivity index (χ0v) is 16.4. The maximum Gasteiger partial charge on any atom is 0.303 e. The topological polar surface area (TPSA) is 132 Å². The van der Waals surface area contributed by atoms with Crippen LogP contribution in [0.3, 0.4) is 0 Å². The first-order chi connectivity index (χ1) is 12.5. The third-order valence-corrected chi connectivity index (χ3v) is 4.17. The molecule has 1 fully saturated rings. The molecule has 27 heavy (non-hydrogen) atoms. The van der Waals surface area contributed by atoms with Gasteiger partial charge in [0.1, 0.15) is 12.7 Å². The summed E-state index contributed by atoms with van der Waals surface area (Å²) in [7, 11) is 0. The highest BCUT2D eigenvalue weighted by Gasteiger charge is 2.52. The molecule has 0 saturated carbocycles. The van der Waals surface area contributed by atoms with Crippen LogP contribution in [0, 0.1) is 0 Å². The van der Waals surface area contributed by atoms with Gasteiger partial charge >= 0.3 is 23.9 Å². The Bertz CT molecular complexity index is 604. The lowest BCUT2D eigenvalue weighted by Crippen LogP contribution is -2.61. The molecular weight excluding hydrogens is 384 g/mol. The number of rotatable bonds is 6. The summed E-state index contributed by atoms with van der Waals surface area (Å²) in [6.45, 7) is 5.51. The number of carbonyl (C=O) groups excluding carboxylic acids is 5. The Hall–Kier alpha value is -2.14. The van der Waals surface area contributed by atoms with Gasteiger partial charge in [-0.2, -0.15) is 0 Å². The maximum atomic E-state index is 11.6. The van der Waals surface area contributed by atoms with Crippen LogP contribution in [-0.2, 0) is 47.7 Å². The van der Waals surface area contributed by atoms with Crippen LogP contribution in [-0.4, -0.2) is 65.5 Å². The second kappa shape index (κ2) is 10.3. The summed E-state index contributed by atoms with van der Waals surface area (Å²) in [5.74, 6) is -2.76. The van der Waals surface area contributed by atoms with Gasteiger partial charge in [-0.15, -0.1) is 0 Å². The molecule has 0 aliphatic carbocycles. The minimum atomic E-state index is -1.26. The van der Waals surface area contributed by atoms with E-state index < -0.39 is 53.7 Å². The van der Waals surface area contributed by atoms with E-state index in [-0.39, 0.29) is 11.7 Å². The molecule has 10 nitrogen and oxygen atoms in total. The van der Waals surface area contributed by atoms with Crippen molar-refractivity contribution in [3.05, 3.63) is 0 Å². The molecule has 1 heterocycles. The van der Waals surface area contributed by atoms with Gasteiger partial charge in [0.05, 0.1) is 0 Å². The highest BCUT2D eigenvalue weighted by atomic mass is 32.2. The van der Waals surface area contributed by atoms with Crippen molar-refractivity contribution in [3.63, 3.8) is 0 Å². The van der Waals surface area contributed by atoms with Crippen LogP contribution in [0.15, 0.2) is 0 Å². The molecule has 0 radical (unpaired) electrons. The number of hydrogen-bond donors (Lipinski definition) is 0. The van der Waals surface area contributed by atoms with Crippen molar-refractivity contribution in [3.8, 4) is 0 Å². The lowest BCUT2D eigenvalue weighted by atomic mass is 9.99. The van der Waals surface area contributed by atoms with Gasteiger partial charge in [-0.25, -0.2) is 0 Å². The van der Waals surface area contributed by atoms with Crippen LogP contribution in [0.5, 0.6) is 0 Å². The van der Waals surface area contributed by atoms with Gasteiger partial charge in [0.25, 0.3) is 0 Å². The Morgan fingerprint density at radius 1 is 0.741 bits per heavy atom. The van der Waals surface area contributed by atoms with Gasteiger partial charge < -0.3 is 23.7 Å². The van der Waals surface area contributed by atoms with Crippen LogP contribution in [0.4, 0.5) is 0 Å². The Balaban J connectivity index is 3.29. The molecule has 11 heteroatoms. The number of hydrogen-bond acceptors (Lipinski definition) is 11. The van der Waals surface area contributed by atoms with Crippen molar-refractivity contribution in [2.24, 2.45) is 0 Å². The standard InChI is InChI=1S/C16H22O10S/c1-7(17)22-6-12-13(23-8(2)18)14(24-9(3)19)15(25-10(4)20)16(26-12)27-11(5)21/h12-16H,6H2,1-5H3/t12-,13+,14-,15-,16-/m0/s1. The smallest absolute Gasteiger partial charge is 0.303 e. The molecule has 0 bridgehead atoms. The van der Waals surface area contributed by atoms with Crippen molar-refractivity contribution in [2.75, 3.05) is 6.61 Å². The van der Waals surface area contributed by atoms with Crippen molar-refractivity contribution in [1.82, 2.24) is 0 Å². The van der Waals surface area contributed by atoms with Crippen LogP contribution in [0.25, 0.3) is 0 Å². The molecule has 0 N–H and O–H groups in total. The van der Waals surface area contributed by atoms with Gasteiger partial charge in [0.2, 0.25) is 0 Å². The highest BCUT2D eigenvalue weighted by molar-refractivity contribution is 8.14. The third-order valence-electron chi connectivity index (χ3n) is 3.23. The van der Waals surface area contributed by atoms with Crippen LogP contribution in [0.2, 0.25) is 0 Å². The van der Waals surface area contributed by atoms with E-state index >= 15 is 0 Å². The van der Waals surface area contributed by atoms with Gasteiger partial charge in [0, 0.05) is 34.6 Å². The van der Waals surface area contributed by atoms with Crippen molar-refractivity contribution >= 4 is 40.8 Å². The summed E-state index contributed by atoms with van der Waals surface area (Å²) in [6, 6.07) is 0. The molecule has 1 rings (SSSR count). The summed E-state index contributed by atoms with van der Waals surface area (Å²) in [4.78, 5) is 57.3.